The van der Waals surface area contributed by atoms with Crippen molar-refractivity contribution in [2.75, 3.05) is 7.11 Å². The molecular formula is C23H20F6N2O3. The summed E-state index contributed by atoms with van der Waals surface area (Å²) < 4.78 is 95.7. The van der Waals surface area contributed by atoms with E-state index in [0.29, 0.717) is 0 Å². The zero-order chi connectivity index (χ0) is 25.2. The smallest absolute Gasteiger partial charge is 0.417 e. The molecule has 1 aliphatic heterocycles. The van der Waals surface area contributed by atoms with Crippen molar-refractivity contribution in [1.29, 1.82) is 0 Å². The zero-order valence-corrected chi connectivity index (χ0v) is 18.5. The molecule has 3 heterocycles. The molecule has 4 rings (SSSR count). The van der Waals surface area contributed by atoms with Gasteiger partial charge in [0.25, 0.3) is 0 Å². The number of methoxy groups -OCH3 is 1. The summed E-state index contributed by atoms with van der Waals surface area (Å²) in [5, 5.41) is -0.0599. The van der Waals surface area contributed by atoms with Crippen molar-refractivity contribution in [3.05, 3.63) is 69.0 Å². The molecule has 2 aromatic heterocycles. The molecule has 0 radical (unpaired) electrons. The number of halogens is 6. The van der Waals surface area contributed by atoms with Crippen molar-refractivity contribution >= 4 is 10.9 Å². The van der Waals surface area contributed by atoms with Crippen LogP contribution < -0.4 is 10.2 Å². The highest BCUT2D eigenvalue weighted by Crippen LogP contribution is 2.59. The summed E-state index contributed by atoms with van der Waals surface area (Å²) in [5.41, 5.74) is -3.66. The summed E-state index contributed by atoms with van der Waals surface area (Å²) >= 11 is 0. The fraction of sp³-hybridized carbons (Fsp3) is 0.391. The van der Waals surface area contributed by atoms with Gasteiger partial charge in [-0.15, -0.1) is 0 Å². The van der Waals surface area contributed by atoms with Gasteiger partial charge in [0, 0.05) is 29.2 Å². The van der Waals surface area contributed by atoms with Gasteiger partial charge in [0.1, 0.15) is 6.10 Å². The Labute approximate surface area is 189 Å². The van der Waals surface area contributed by atoms with Crippen LogP contribution in [0.15, 0.2) is 29.2 Å². The lowest BCUT2D eigenvalue weighted by atomic mass is 9.76. The Morgan fingerprint density at radius 2 is 1.85 bits per heavy atom. The summed E-state index contributed by atoms with van der Waals surface area (Å²) in [6.07, 6.45) is -5.47. The maximum absolute atomic E-state index is 14.5. The lowest BCUT2D eigenvalue weighted by Crippen LogP contribution is -2.46. The number of fused-ring (bicyclic) bond motifs is 1. The average molecular weight is 486 g/mol. The van der Waals surface area contributed by atoms with Crippen molar-refractivity contribution in [3.63, 3.8) is 0 Å². The molecule has 182 valence electrons. The van der Waals surface area contributed by atoms with Gasteiger partial charge < -0.3 is 14.5 Å². The molecule has 1 saturated heterocycles. The van der Waals surface area contributed by atoms with Crippen molar-refractivity contribution in [3.8, 4) is 5.75 Å². The first-order valence-electron chi connectivity index (χ1n) is 10.3. The van der Waals surface area contributed by atoms with E-state index in [1.54, 1.807) is 0 Å². The highest BCUT2D eigenvalue weighted by atomic mass is 19.4. The van der Waals surface area contributed by atoms with Crippen LogP contribution in [0.1, 0.15) is 42.8 Å². The van der Waals surface area contributed by atoms with Crippen molar-refractivity contribution < 1.29 is 35.8 Å². The molecule has 0 saturated carbocycles. The molecule has 0 unspecified atom stereocenters. The number of H-pyrrole nitrogens is 1. The minimum atomic E-state index is -4.85. The molecule has 0 amide bonds. The van der Waals surface area contributed by atoms with Crippen molar-refractivity contribution in [2.45, 2.75) is 44.6 Å². The second-order valence-corrected chi connectivity index (χ2v) is 8.47. The Bertz CT molecular complexity index is 1340. The summed E-state index contributed by atoms with van der Waals surface area (Å²) in [6, 6.07) is 2.90. The first-order chi connectivity index (χ1) is 15.8. The van der Waals surface area contributed by atoms with Crippen LogP contribution in [-0.4, -0.2) is 28.9 Å². The molecule has 34 heavy (non-hydrogen) atoms. The lowest BCUT2D eigenvalue weighted by Gasteiger charge is -2.32. The van der Waals surface area contributed by atoms with E-state index in [9.17, 15) is 31.1 Å². The van der Waals surface area contributed by atoms with E-state index >= 15 is 0 Å². The summed E-state index contributed by atoms with van der Waals surface area (Å²) in [4.78, 5) is 19.3. The highest BCUT2D eigenvalue weighted by Gasteiger charge is 2.65. The second kappa shape index (κ2) is 8.00. The number of benzene rings is 1. The molecule has 0 spiro atoms. The lowest BCUT2D eigenvalue weighted by molar-refractivity contribution is -0.275. The van der Waals surface area contributed by atoms with Gasteiger partial charge in [-0.05, 0) is 19.9 Å². The molecule has 0 bridgehead atoms. The minimum absolute atomic E-state index is 0.0599. The molecule has 4 atom stereocenters. The summed E-state index contributed by atoms with van der Waals surface area (Å²) in [6.45, 7) is 3.58. The Morgan fingerprint density at radius 1 is 1.18 bits per heavy atom. The van der Waals surface area contributed by atoms with Crippen LogP contribution in [0.4, 0.5) is 26.3 Å². The number of nitrogens with zero attached hydrogens (tertiary/aromatic N) is 1. The molecular weight excluding hydrogens is 466 g/mol. The average Bonchev–Trinajstić information content (AvgIpc) is 3.04. The Balaban J connectivity index is 2.00. The number of aromatic nitrogens is 2. The van der Waals surface area contributed by atoms with E-state index in [0.717, 1.165) is 38.4 Å². The first kappa shape index (κ1) is 24.1. The fourth-order valence-electron chi connectivity index (χ4n) is 4.63. The van der Waals surface area contributed by atoms with Crippen molar-refractivity contribution in [2.24, 2.45) is 5.92 Å². The number of rotatable bonds is 3. The number of aromatic amines is 1. The Hall–Kier alpha value is -3.08. The molecule has 5 nitrogen and oxygen atoms in total. The van der Waals surface area contributed by atoms with Crippen LogP contribution in [0.25, 0.3) is 10.9 Å². The summed E-state index contributed by atoms with van der Waals surface area (Å²) in [5.74, 6) is -6.65. The van der Waals surface area contributed by atoms with Crippen LogP contribution in [0.3, 0.4) is 0 Å². The van der Waals surface area contributed by atoms with Gasteiger partial charge in [-0.1, -0.05) is 13.0 Å². The summed E-state index contributed by atoms with van der Waals surface area (Å²) in [7, 11) is 1.06. The number of hydrogen-bond acceptors (Lipinski definition) is 4. The van der Waals surface area contributed by atoms with Gasteiger partial charge in [-0.3, -0.25) is 9.78 Å². The molecule has 1 aliphatic rings. The maximum Gasteiger partial charge on any atom is 0.417 e. The third-order valence-corrected chi connectivity index (χ3v) is 6.64. The molecule has 3 aromatic rings. The van der Waals surface area contributed by atoms with Gasteiger partial charge in [0.2, 0.25) is 5.82 Å². The van der Waals surface area contributed by atoms with Crippen LogP contribution in [0, 0.1) is 30.3 Å². The number of nitrogens with one attached hydrogen (secondary N) is 1. The quantitative estimate of drug-likeness (QED) is 0.499. The standard InChI is InChI=1S/C23H20F6N2O3/c1-9-16(11-5-6-12(24)18(26)20(11)33-4)21(34-22(9,3)23(27,28)29)14-7-15(32)17-10(2)30-8-13(25)19(17)31-14/h5-9,16,21H,1-4H3,(H,31,32)/t9-,16-,21-,22+/m0/s1. The number of hydrogen-bond donors (Lipinski definition) is 1. The van der Waals surface area contributed by atoms with Crippen LogP contribution in [0.5, 0.6) is 5.75 Å². The topological polar surface area (TPSA) is 64.2 Å². The SMILES string of the molecule is COc1c([C@H]2[C@H](c3cc(=O)c4c(C)ncc(F)c4[nH]3)O[C@@](C)(C(F)(F)F)[C@H]2C)ccc(F)c1F. The van der Waals surface area contributed by atoms with Crippen molar-refractivity contribution in [1.82, 2.24) is 9.97 Å². The molecule has 0 aliphatic carbocycles. The van der Waals surface area contributed by atoms with Gasteiger partial charge in [-0.25, -0.2) is 8.78 Å². The number of aryl methyl sites for hydroxylation is 1. The number of ether oxygens (including phenoxy) is 2. The molecule has 1 N–H and O–H groups in total. The van der Waals surface area contributed by atoms with Gasteiger partial charge in [0.15, 0.2) is 28.4 Å². The minimum Gasteiger partial charge on any atom is -0.493 e. The number of alkyl halides is 3. The van der Waals surface area contributed by atoms with E-state index in [-0.39, 0.29) is 27.9 Å². The predicted octanol–water partition coefficient (Wildman–Crippen LogP) is 5.47. The van der Waals surface area contributed by atoms with Crippen LogP contribution >= 0.6 is 0 Å². The Morgan fingerprint density at radius 3 is 2.47 bits per heavy atom. The van der Waals surface area contributed by atoms with Gasteiger partial charge in [0.05, 0.1) is 29.9 Å². The second-order valence-electron chi connectivity index (χ2n) is 8.47. The third-order valence-electron chi connectivity index (χ3n) is 6.64. The first-order valence-corrected chi connectivity index (χ1v) is 10.3. The van der Waals surface area contributed by atoms with Gasteiger partial charge >= 0.3 is 6.18 Å². The Kier molecular flexibility index (Phi) is 5.66. The van der Waals surface area contributed by atoms with E-state index in [2.05, 4.69) is 9.97 Å². The maximum atomic E-state index is 14.5. The zero-order valence-electron chi connectivity index (χ0n) is 18.5. The number of pyridine rings is 2. The molecule has 1 aromatic carbocycles. The largest absolute Gasteiger partial charge is 0.493 e. The van der Waals surface area contributed by atoms with E-state index in [4.69, 9.17) is 9.47 Å². The van der Waals surface area contributed by atoms with E-state index < -0.39 is 58.3 Å². The highest BCUT2D eigenvalue weighted by molar-refractivity contribution is 5.81. The fourth-order valence-corrected chi connectivity index (χ4v) is 4.63. The monoisotopic (exact) mass is 486 g/mol. The normalized spacial score (nSPS) is 25.2. The van der Waals surface area contributed by atoms with E-state index in [1.807, 2.05) is 0 Å². The van der Waals surface area contributed by atoms with Crippen LogP contribution in [0.2, 0.25) is 0 Å². The molecule has 1 fully saturated rings. The van der Waals surface area contributed by atoms with Crippen LogP contribution in [-0.2, 0) is 4.74 Å². The van der Waals surface area contributed by atoms with Gasteiger partial charge in [-0.2, -0.15) is 17.6 Å². The predicted molar refractivity (Wildman–Crippen MR) is 110 cm³/mol. The third kappa shape index (κ3) is 3.44. The molecule has 11 heteroatoms. The van der Waals surface area contributed by atoms with E-state index in [1.165, 1.54) is 13.8 Å².